The Morgan fingerprint density at radius 2 is 2.33 bits per heavy atom. The third-order valence-electron chi connectivity index (χ3n) is 3.47. The molecule has 0 atom stereocenters. The number of hydrogen-bond donors (Lipinski definition) is 1. The van der Waals surface area contributed by atoms with Gasteiger partial charge in [-0.2, -0.15) is 11.8 Å². The summed E-state index contributed by atoms with van der Waals surface area (Å²) in [7, 11) is 0. The van der Waals surface area contributed by atoms with Crippen molar-refractivity contribution < 1.29 is 0 Å². The first kappa shape index (κ1) is 11.0. The minimum absolute atomic E-state index is 0.841. The SMILES string of the molecule is c1c(-c2nnc3n2CCNC3)sc2c1CSCC2. The van der Waals surface area contributed by atoms with E-state index in [1.54, 1.807) is 4.88 Å². The fourth-order valence-electron chi connectivity index (χ4n) is 2.53. The maximum atomic E-state index is 4.39. The minimum atomic E-state index is 0.841. The summed E-state index contributed by atoms with van der Waals surface area (Å²) in [5, 5.41) is 12.0. The first-order chi connectivity index (χ1) is 8.92. The molecule has 0 bridgehead atoms. The van der Waals surface area contributed by atoms with Gasteiger partial charge in [-0.3, -0.25) is 0 Å². The Bertz CT molecular complexity index is 563. The Labute approximate surface area is 114 Å². The monoisotopic (exact) mass is 278 g/mol. The van der Waals surface area contributed by atoms with Crippen LogP contribution in [0.5, 0.6) is 0 Å². The van der Waals surface area contributed by atoms with Gasteiger partial charge in [-0.15, -0.1) is 21.5 Å². The maximum Gasteiger partial charge on any atom is 0.174 e. The molecule has 2 aromatic heterocycles. The Kier molecular flexibility index (Phi) is 2.67. The normalized spacial score (nSPS) is 18.4. The fraction of sp³-hybridized carbons (Fsp3) is 0.500. The molecule has 0 aliphatic carbocycles. The molecule has 0 radical (unpaired) electrons. The second-order valence-electron chi connectivity index (χ2n) is 4.63. The topological polar surface area (TPSA) is 42.7 Å². The molecular weight excluding hydrogens is 264 g/mol. The van der Waals surface area contributed by atoms with Crippen LogP contribution in [0.25, 0.3) is 10.7 Å². The summed E-state index contributed by atoms with van der Waals surface area (Å²) in [5.41, 5.74) is 1.51. The van der Waals surface area contributed by atoms with Crippen LogP contribution in [0, 0.1) is 0 Å². The zero-order chi connectivity index (χ0) is 11.9. The van der Waals surface area contributed by atoms with Crippen molar-refractivity contribution in [3.05, 3.63) is 22.3 Å². The number of hydrogen-bond acceptors (Lipinski definition) is 5. The van der Waals surface area contributed by atoms with Gasteiger partial charge in [0.2, 0.25) is 0 Å². The van der Waals surface area contributed by atoms with Crippen molar-refractivity contribution in [2.24, 2.45) is 0 Å². The van der Waals surface area contributed by atoms with Crippen molar-refractivity contribution in [3.63, 3.8) is 0 Å². The number of fused-ring (bicyclic) bond motifs is 2. The predicted octanol–water partition coefficient (Wildman–Crippen LogP) is 1.90. The summed E-state index contributed by atoms with van der Waals surface area (Å²) in [6.07, 6.45) is 1.22. The van der Waals surface area contributed by atoms with Crippen molar-refractivity contribution in [1.82, 2.24) is 20.1 Å². The molecule has 6 heteroatoms. The molecule has 18 heavy (non-hydrogen) atoms. The Balaban J connectivity index is 1.78. The van der Waals surface area contributed by atoms with Crippen LogP contribution < -0.4 is 5.32 Å². The third kappa shape index (κ3) is 1.71. The van der Waals surface area contributed by atoms with Crippen LogP contribution in [-0.4, -0.2) is 27.1 Å². The van der Waals surface area contributed by atoms with Gasteiger partial charge in [-0.1, -0.05) is 0 Å². The summed E-state index contributed by atoms with van der Waals surface area (Å²) in [6.45, 7) is 2.84. The number of thiophene rings is 1. The molecule has 4 heterocycles. The second-order valence-corrected chi connectivity index (χ2v) is 6.87. The third-order valence-corrected chi connectivity index (χ3v) is 5.71. The minimum Gasteiger partial charge on any atom is -0.308 e. The quantitative estimate of drug-likeness (QED) is 0.865. The van der Waals surface area contributed by atoms with Crippen molar-refractivity contribution in [2.75, 3.05) is 12.3 Å². The smallest absolute Gasteiger partial charge is 0.174 e. The number of thioether (sulfide) groups is 1. The van der Waals surface area contributed by atoms with Crippen molar-refractivity contribution in [1.29, 1.82) is 0 Å². The van der Waals surface area contributed by atoms with E-state index in [1.807, 2.05) is 23.1 Å². The zero-order valence-corrected chi connectivity index (χ0v) is 11.6. The van der Waals surface area contributed by atoms with Gasteiger partial charge >= 0.3 is 0 Å². The van der Waals surface area contributed by atoms with Gasteiger partial charge in [0.05, 0.1) is 11.4 Å². The van der Waals surface area contributed by atoms with Gasteiger partial charge in [0, 0.05) is 23.7 Å². The van der Waals surface area contributed by atoms with Crippen molar-refractivity contribution in [3.8, 4) is 10.7 Å². The molecule has 0 unspecified atom stereocenters. The number of aryl methyl sites for hydroxylation is 1. The van der Waals surface area contributed by atoms with Gasteiger partial charge in [0.1, 0.15) is 5.82 Å². The molecule has 0 fully saturated rings. The van der Waals surface area contributed by atoms with Gasteiger partial charge in [-0.05, 0) is 23.8 Å². The van der Waals surface area contributed by atoms with Crippen LogP contribution in [-0.2, 0) is 25.3 Å². The van der Waals surface area contributed by atoms with E-state index in [-0.39, 0.29) is 0 Å². The highest BCUT2D eigenvalue weighted by molar-refractivity contribution is 7.98. The van der Waals surface area contributed by atoms with E-state index in [1.165, 1.54) is 22.6 Å². The Hall–Kier alpha value is -0.850. The first-order valence-electron chi connectivity index (χ1n) is 6.24. The lowest BCUT2D eigenvalue weighted by Gasteiger charge is -2.15. The van der Waals surface area contributed by atoms with E-state index in [4.69, 9.17) is 0 Å². The van der Waals surface area contributed by atoms with E-state index in [2.05, 4.69) is 26.1 Å². The lowest BCUT2D eigenvalue weighted by molar-refractivity contribution is 0.508. The van der Waals surface area contributed by atoms with Crippen LogP contribution in [0.4, 0.5) is 0 Å². The molecule has 0 saturated carbocycles. The molecule has 4 rings (SSSR count). The van der Waals surface area contributed by atoms with Crippen LogP contribution in [0.1, 0.15) is 16.3 Å². The molecule has 94 valence electrons. The van der Waals surface area contributed by atoms with Gasteiger partial charge in [0.15, 0.2) is 5.82 Å². The zero-order valence-electron chi connectivity index (χ0n) is 9.98. The number of aromatic nitrogens is 3. The average molecular weight is 278 g/mol. The van der Waals surface area contributed by atoms with E-state index in [0.29, 0.717) is 0 Å². The lowest BCUT2D eigenvalue weighted by atomic mass is 10.2. The summed E-state index contributed by atoms with van der Waals surface area (Å²) in [6, 6.07) is 2.32. The second kappa shape index (κ2) is 4.36. The first-order valence-corrected chi connectivity index (χ1v) is 8.21. The molecule has 2 aromatic rings. The van der Waals surface area contributed by atoms with Crippen LogP contribution >= 0.6 is 23.1 Å². The van der Waals surface area contributed by atoms with E-state index in [9.17, 15) is 0 Å². The van der Waals surface area contributed by atoms with E-state index < -0.39 is 0 Å². The van der Waals surface area contributed by atoms with Gasteiger partial charge < -0.3 is 9.88 Å². The molecule has 0 aromatic carbocycles. The Morgan fingerprint density at radius 3 is 3.28 bits per heavy atom. The molecule has 0 saturated heterocycles. The summed E-state index contributed by atoms with van der Waals surface area (Å²) in [5.74, 6) is 4.55. The highest BCUT2D eigenvalue weighted by Gasteiger charge is 2.20. The number of nitrogens with one attached hydrogen (secondary N) is 1. The Morgan fingerprint density at radius 1 is 1.33 bits per heavy atom. The molecule has 1 N–H and O–H groups in total. The maximum absolute atomic E-state index is 4.39. The number of rotatable bonds is 1. The standard InChI is InChI=1S/C12H14N4S2/c1-4-17-7-8-5-10(18-9(1)8)12-15-14-11-6-13-2-3-16(11)12/h5,13H,1-4,6-7H2. The van der Waals surface area contributed by atoms with Crippen molar-refractivity contribution >= 4 is 23.1 Å². The molecule has 0 spiro atoms. The highest BCUT2D eigenvalue weighted by Crippen LogP contribution is 2.36. The largest absolute Gasteiger partial charge is 0.308 e. The molecule has 2 aliphatic rings. The van der Waals surface area contributed by atoms with Crippen LogP contribution in [0.3, 0.4) is 0 Å². The molecular formula is C12H14N4S2. The predicted molar refractivity (Wildman–Crippen MR) is 74.9 cm³/mol. The van der Waals surface area contributed by atoms with Gasteiger partial charge in [0.25, 0.3) is 0 Å². The van der Waals surface area contributed by atoms with Crippen LogP contribution in [0.2, 0.25) is 0 Å². The van der Waals surface area contributed by atoms with E-state index >= 15 is 0 Å². The molecule has 0 amide bonds. The summed E-state index contributed by atoms with van der Waals surface area (Å²) < 4.78 is 2.26. The van der Waals surface area contributed by atoms with Gasteiger partial charge in [-0.25, -0.2) is 0 Å². The number of nitrogens with zero attached hydrogens (tertiary/aromatic N) is 3. The lowest BCUT2D eigenvalue weighted by Crippen LogP contribution is -2.28. The van der Waals surface area contributed by atoms with Crippen LogP contribution in [0.15, 0.2) is 6.07 Å². The average Bonchev–Trinajstić information content (AvgIpc) is 3.02. The summed E-state index contributed by atoms with van der Waals surface area (Å²) in [4.78, 5) is 2.85. The van der Waals surface area contributed by atoms with Crippen molar-refractivity contribution in [2.45, 2.75) is 25.3 Å². The molecule has 4 nitrogen and oxygen atoms in total. The summed E-state index contributed by atoms with van der Waals surface area (Å²) >= 11 is 3.94. The molecule has 2 aliphatic heterocycles. The fourth-order valence-corrected chi connectivity index (χ4v) is 4.90. The highest BCUT2D eigenvalue weighted by atomic mass is 32.2. The van der Waals surface area contributed by atoms with E-state index in [0.717, 1.165) is 37.0 Å².